The second-order valence-electron chi connectivity index (χ2n) is 7.76. The third kappa shape index (κ3) is 4.62. The van der Waals surface area contributed by atoms with E-state index in [-0.39, 0.29) is 11.8 Å². The summed E-state index contributed by atoms with van der Waals surface area (Å²) in [6.45, 7) is 6.86. The van der Waals surface area contributed by atoms with Gasteiger partial charge in [0.1, 0.15) is 0 Å². The van der Waals surface area contributed by atoms with E-state index in [4.69, 9.17) is 0 Å². The molecule has 1 saturated heterocycles. The average molecular weight is 401 g/mol. The van der Waals surface area contributed by atoms with E-state index in [1.54, 1.807) is 12.1 Å². The monoisotopic (exact) mass is 400 g/mol. The molecule has 2 aromatic carbocycles. The number of sulfonamides is 1. The lowest BCUT2D eigenvalue weighted by Gasteiger charge is -2.30. The van der Waals surface area contributed by atoms with Crippen molar-refractivity contribution in [3.05, 3.63) is 59.7 Å². The molecule has 5 nitrogen and oxygen atoms in total. The van der Waals surface area contributed by atoms with Crippen LogP contribution in [0.15, 0.2) is 53.4 Å². The summed E-state index contributed by atoms with van der Waals surface area (Å²) < 4.78 is 27.3. The van der Waals surface area contributed by atoms with E-state index in [1.807, 2.05) is 43.3 Å². The predicted octanol–water partition coefficient (Wildman–Crippen LogP) is 4.16. The molecule has 0 saturated carbocycles. The van der Waals surface area contributed by atoms with Crippen LogP contribution >= 0.6 is 0 Å². The number of anilines is 1. The third-order valence-electron chi connectivity index (χ3n) is 5.29. The summed E-state index contributed by atoms with van der Waals surface area (Å²) in [4.78, 5) is 12.8. The van der Waals surface area contributed by atoms with Crippen molar-refractivity contribution in [2.24, 2.45) is 5.92 Å². The van der Waals surface area contributed by atoms with Crippen LogP contribution in [0.3, 0.4) is 0 Å². The number of carbonyl (C=O) groups is 1. The van der Waals surface area contributed by atoms with E-state index >= 15 is 0 Å². The highest BCUT2D eigenvalue weighted by Gasteiger charge is 2.32. The molecule has 0 spiro atoms. The maximum absolute atomic E-state index is 12.9. The number of carbonyl (C=O) groups excluding carboxylic acids is 1. The lowest BCUT2D eigenvalue weighted by molar-refractivity contribution is -0.120. The van der Waals surface area contributed by atoms with Gasteiger partial charge in [-0.1, -0.05) is 38.1 Å². The number of hydrogen-bond donors (Lipinski definition) is 1. The van der Waals surface area contributed by atoms with E-state index in [1.165, 1.54) is 4.31 Å². The van der Waals surface area contributed by atoms with Crippen LogP contribution in [0.25, 0.3) is 0 Å². The average Bonchev–Trinajstić information content (AvgIpc) is 2.68. The van der Waals surface area contributed by atoms with Gasteiger partial charge in [0.2, 0.25) is 15.9 Å². The molecule has 2 aromatic rings. The van der Waals surface area contributed by atoms with E-state index in [0.717, 1.165) is 16.8 Å². The molecule has 1 amide bonds. The van der Waals surface area contributed by atoms with Gasteiger partial charge >= 0.3 is 0 Å². The Morgan fingerprint density at radius 2 is 1.71 bits per heavy atom. The van der Waals surface area contributed by atoms with Gasteiger partial charge in [-0.25, -0.2) is 8.42 Å². The molecule has 1 aliphatic heterocycles. The van der Waals surface area contributed by atoms with Crippen LogP contribution in [-0.4, -0.2) is 31.7 Å². The Morgan fingerprint density at radius 3 is 2.29 bits per heavy atom. The molecular weight excluding hydrogens is 372 g/mol. The molecule has 6 heteroatoms. The summed E-state index contributed by atoms with van der Waals surface area (Å²) in [5.74, 6) is 0.152. The smallest absolute Gasteiger partial charge is 0.243 e. The van der Waals surface area contributed by atoms with Crippen molar-refractivity contribution in [2.75, 3.05) is 18.4 Å². The lowest BCUT2D eigenvalue weighted by atomic mass is 9.97. The number of piperidine rings is 1. The van der Waals surface area contributed by atoms with Crippen LogP contribution in [0.2, 0.25) is 0 Å². The van der Waals surface area contributed by atoms with Crippen molar-refractivity contribution in [2.45, 2.75) is 44.4 Å². The number of benzene rings is 2. The van der Waals surface area contributed by atoms with Crippen molar-refractivity contribution in [1.82, 2.24) is 4.31 Å². The maximum Gasteiger partial charge on any atom is 0.243 e. The highest BCUT2D eigenvalue weighted by atomic mass is 32.2. The molecule has 1 fully saturated rings. The van der Waals surface area contributed by atoms with Gasteiger partial charge in [0.15, 0.2) is 0 Å². The molecule has 0 aliphatic carbocycles. The summed E-state index contributed by atoms with van der Waals surface area (Å²) in [6.07, 6.45) is 1.06. The highest BCUT2D eigenvalue weighted by Crippen LogP contribution is 2.26. The minimum atomic E-state index is -3.52. The van der Waals surface area contributed by atoms with Crippen molar-refractivity contribution in [3.63, 3.8) is 0 Å². The first kappa shape index (κ1) is 20.6. The Kier molecular flexibility index (Phi) is 6.20. The zero-order valence-electron chi connectivity index (χ0n) is 16.7. The number of hydrogen-bond acceptors (Lipinski definition) is 3. The SMILES string of the molecule is Cc1cccc(NC(=O)C2CCN(S(=O)(=O)c3ccc(C(C)C)cc3)CC2)c1. The fourth-order valence-corrected chi connectivity index (χ4v) is 4.97. The first-order valence-electron chi connectivity index (χ1n) is 9.75. The highest BCUT2D eigenvalue weighted by molar-refractivity contribution is 7.89. The quantitative estimate of drug-likeness (QED) is 0.820. The van der Waals surface area contributed by atoms with Crippen LogP contribution < -0.4 is 5.32 Å². The molecule has 28 heavy (non-hydrogen) atoms. The lowest BCUT2D eigenvalue weighted by Crippen LogP contribution is -2.41. The molecule has 0 atom stereocenters. The Morgan fingerprint density at radius 1 is 1.07 bits per heavy atom. The van der Waals surface area contributed by atoms with Crippen molar-refractivity contribution >= 4 is 21.6 Å². The summed E-state index contributed by atoms with van der Waals surface area (Å²) in [6, 6.07) is 14.8. The normalized spacial score (nSPS) is 16.3. The van der Waals surface area contributed by atoms with Gasteiger partial charge in [0, 0.05) is 24.7 Å². The van der Waals surface area contributed by atoms with Crippen LogP contribution in [0.5, 0.6) is 0 Å². The first-order chi connectivity index (χ1) is 13.3. The van der Waals surface area contributed by atoms with Gasteiger partial charge in [-0.05, 0) is 61.1 Å². The number of rotatable bonds is 5. The van der Waals surface area contributed by atoms with Crippen molar-refractivity contribution in [3.8, 4) is 0 Å². The maximum atomic E-state index is 12.9. The summed E-state index contributed by atoms with van der Waals surface area (Å²) in [7, 11) is -3.52. The zero-order chi connectivity index (χ0) is 20.3. The van der Waals surface area contributed by atoms with Crippen LogP contribution in [-0.2, 0) is 14.8 Å². The number of aryl methyl sites for hydroxylation is 1. The fraction of sp³-hybridized carbons (Fsp3) is 0.409. The molecule has 3 rings (SSSR count). The summed E-state index contributed by atoms with van der Waals surface area (Å²) in [5.41, 5.74) is 2.98. The molecule has 0 radical (unpaired) electrons. The number of nitrogens with zero attached hydrogens (tertiary/aromatic N) is 1. The number of nitrogens with one attached hydrogen (secondary N) is 1. The van der Waals surface area contributed by atoms with Gasteiger partial charge in [0.25, 0.3) is 0 Å². The topological polar surface area (TPSA) is 66.5 Å². The van der Waals surface area contributed by atoms with E-state index in [0.29, 0.717) is 36.7 Å². The van der Waals surface area contributed by atoms with E-state index in [9.17, 15) is 13.2 Å². The minimum Gasteiger partial charge on any atom is -0.326 e. The van der Waals surface area contributed by atoms with Crippen LogP contribution in [0.4, 0.5) is 5.69 Å². The van der Waals surface area contributed by atoms with Crippen molar-refractivity contribution < 1.29 is 13.2 Å². The molecule has 1 N–H and O–H groups in total. The molecule has 0 unspecified atom stereocenters. The van der Waals surface area contributed by atoms with Crippen LogP contribution in [0, 0.1) is 12.8 Å². The Bertz CT molecular complexity index is 929. The van der Waals surface area contributed by atoms with Gasteiger partial charge in [0.05, 0.1) is 4.90 Å². The molecule has 0 bridgehead atoms. The summed E-state index contributed by atoms with van der Waals surface area (Å²) >= 11 is 0. The minimum absolute atomic E-state index is 0.0380. The van der Waals surface area contributed by atoms with Gasteiger partial charge < -0.3 is 5.32 Å². The predicted molar refractivity (Wildman–Crippen MR) is 112 cm³/mol. The molecule has 0 aromatic heterocycles. The Hall–Kier alpha value is -2.18. The standard InChI is InChI=1S/C22H28N2O3S/c1-16(2)18-7-9-21(10-8-18)28(26,27)24-13-11-19(12-14-24)22(25)23-20-6-4-5-17(3)15-20/h4-10,15-16,19H,11-14H2,1-3H3,(H,23,25). The number of amides is 1. The molecule has 150 valence electrons. The Labute approximate surface area is 167 Å². The largest absolute Gasteiger partial charge is 0.326 e. The third-order valence-corrected chi connectivity index (χ3v) is 7.21. The van der Waals surface area contributed by atoms with Gasteiger partial charge in [-0.3, -0.25) is 4.79 Å². The van der Waals surface area contributed by atoms with E-state index in [2.05, 4.69) is 19.2 Å². The first-order valence-corrected chi connectivity index (χ1v) is 11.2. The van der Waals surface area contributed by atoms with Crippen LogP contribution in [0.1, 0.15) is 43.7 Å². The zero-order valence-corrected chi connectivity index (χ0v) is 17.5. The van der Waals surface area contributed by atoms with Gasteiger partial charge in [-0.15, -0.1) is 0 Å². The van der Waals surface area contributed by atoms with Gasteiger partial charge in [-0.2, -0.15) is 4.31 Å². The molecule has 1 aliphatic rings. The molecular formula is C22H28N2O3S. The Balaban J connectivity index is 1.61. The van der Waals surface area contributed by atoms with Crippen molar-refractivity contribution in [1.29, 1.82) is 0 Å². The fourth-order valence-electron chi connectivity index (χ4n) is 3.50. The second-order valence-corrected chi connectivity index (χ2v) is 9.70. The van der Waals surface area contributed by atoms with E-state index < -0.39 is 10.0 Å². The molecule has 1 heterocycles. The summed E-state index contributed by atoms with van der Waals surface area (Å²) in [5, 5.41) is 2.95. The second kappa shape index (κ2) is 8.45.